The number of anilines is 1. The summed E-state index contributed by atoms with van der Waals surface area (Å²) >= 11 is 6.23. The van der Waals surface area contributed by atoms with Crippen molar-refractivity contribution >= 4 is 29.2 Å². The van der Waals surface area contributed by atoms with E-state index in [-0.39, 0.29) is 17.8 Å². The second kappa shape index (κ2) is 9.00. The fourth-order valence-electron chi connectivity index (χ4n) is 3.65. The van der Waals surface area contributed by atoms with Gasteiger partial charge in [-0.2, -0.15) is 5.10 Å². The van der Waals surface area contributed by atoms with E-state index in [1.165, 1.54) is 24.3 Å². The summed E-state index contributed by atoms with van der Waals surface area (Å²) in [5.74, 6) is -0.441. The molecule has 0 saturated carbocycles. The maximum atomic E-state index is 13.0. The number of aryl methyl sites for hydroxylation is 1. The highest BCUT2D eigenvalue weighted by Gasteiger charge is 2.25. The molecule has 166 valence electrons. The van der Waals surface area contributed by atoms with Crippen molar-refractivity contribution in [2.24, 2.45) is 0 Å². The molecule has 2 heterocycles. The summed E-state index contributed by atoms with van der Waals surface area (Å²) in [5, 5.41) is 7.81. The summed E-state index contributed by atoms with van der Waals surface area (Å²) in [6.45, 7) is 5.45. The highest BCUT2D eigenvalue weighted by molar-refractivity contribution is 6.31. The van der Waals surface area contributed by atoms with E-state index in [0.29, 0.717) is 42.5 Å². The molecule has 0 spiro atoms. The van der Waals surface area contributed by atoms with Crippen LogP contribution in [0.2, 0.25) is 5.02 Å². The molecule has 7 nitrogen and oxygen atoms in total. The van der Waals surface area contributed by atoms with Gasteiger partial charge in [0.2, 0.25) is 0 Å². The van der Waals surface area contributed by atoms with Gasteiger partial charge in [-0.05, 0) is 62.4 Å². The molecule has 32 heavy (non-hydrogen) atoms. The molecular formula is C23H23ClFN5O2. The van der Waals surface area contributed by atoms with E-state index in [9.17, 15) is 14.0 Å². The minimum Gasteiger partial charge on any atom is -0.335 e. The standard InChI is InChI=1S/C23H23ClFN5O2/c1-15-21(24)16(2)30(27-15)20-9-3-17(4-10-20)22(31)28-11-13-29(14-12-28)23(32)26-19-7-5-18(25)6-8-19/h3-10H,11-14H2,1-2H3,(H,26,32). The fraction of sp³-hybridized carbons (Fsp3) is 0.261. The van der Waals surface area contributed by atoms with Crippen molar-refractivity contribution in [3.63, 3.8) is 0 Å². The number of carbonyl (C=O) groups excluding carboxylic acids is 2. The molecular weight excluding hydrogens is 433 g/mol. The van der Waals surface area contributed by atoms with E-state index < -0.39 is 0 Å². The van der Waals surface area contributed by atoms with E-state index >= 15 is 0 Å². The summed E-state index contributed by atoms with van der Waals surface area (Å²) in [5.41, 5.74) is 3.53. The van der Waals surface area contributed by atoms with Crippen LogP contribution < -0.4 is 5.32 Å². The van der Waals surface area contributed by atoms with Crippen LogP contribution in [0.3, 0.4) is 0 Å². The molecule has 0 unspecified atom stereocenters. The third kappa shape index (κ3) is 4.45. The summed E-state index contributed by atoms with van der Waals surface area (Å²) in [6.07, 6.45) is 0. The molecule has 0 radical (unpaired) electrons. The van der Waals surface area contributed by atoms with Gasteiger partial charge in [0.15, 0.2) is 0 Å². The molecule has 3 aromatic rings. The Morgan fingerprint density at radius 3 is 2.09 bits per heavy atom. The Morgan fingerprint density at radius 1 is 0.938 bits per heavy atom. The Morgan fingerprint density at radius 2 is 1.53 bits per heavy atom. The van der Waals surface area contributed by atoms with Crippen molar-refractivity contribution in [3.05, 3.63) is 76.3 Å². The second-order valence-corrected chi connectivity index (χ2v) is 8.04. The van der Waals surface area contributed by atoms with E-state index in [2.05, 4.69) is 10.4 Å². The zero-order valence-electron chi connectivity index (χ0n) is 17.8. The number of aromatic nitrogens is 2. The number of piperazine rings is 1. The number of nitrogens with one attached hydrogen (secondary N) is 1. The third-order valence-electron chi connectivity index (χ3n) is 5.51. The Labute approximate surface area is 190 Å². The van der Waals surface area contributed by atoms with Crippen LogP contribution in [0.1, 0.15) is 21.7 Å². The highest BCUT2D eigenvalue weighted by atomic mass is 35.5. The fourth-order valence-corrected chi connectivity index (χ4v) is 3.77. The predicted molar refractivity (Wildman–Crippen MR) is 121 cm³/mol. The maximum Gasteiger partial charge on any atom is 0.321 e. The van der Waals surface area contributed by atoms with Gasteiger partial charge in [-0.15, -0.1) is 0 Å². The lowest BCUT2D eigenvalue weighted by atomic mass is 10.1. The summed E-state index contributed by atoms with van der Waals surface area (Å²) < 4.78 is 14.8. The molecule has 0 bridgehead atoms. The topological polar surface area (TPSA) is 70.5 Å². The Kier molecular flexibility index (Phi) is 6.14. The molecule has 1 fully saturated rings. The van der Waals surface area contributed by atoms with Crippen LogP contribution in [0.4, 0.5) is 14.9 Å². The molecule has 1 saturated heterocycles. The first-order valence-electron chi connectivity index (χ1n) is 10.3. The Hall–Kier alpha value is -3.39. The molecule has 1 aliphatic heterocycles. The zero-order chi connectivity index (χ0) is 22.8. The van der Waals surface area contributed by atoms with E-state index in [4.69, 9.17) is 11.6 Å². The quantitative estimate of drug-likeness (QED) is 0.641. The average Bonchev–Trinajstić information content (AvgIpc) is 3.07. The van der Waals surface area contributed by atoms with Crippen molar-refractivity contribution in [1.29, 1.82) is 0 Å². The summed E-state index contributed by atoms with van der Waals surface area (Å²) in [6, 6.07) is 12.6. The van der Waals surface area contributed by atoms with Crippen LogP contribution >= 0.6 is 11.6 Å². The number of nitrogens with zero attached hydrogens (tertiary/aromatic N) is 4. The summed E-state index contributed by atoms with van der Waals surface area (Å²) in [7, 11) is 0. The number of amides is 3. The molecule has 4 rings (SSSR count). The van der Waals surface area contributed by atoms with Gasteiger partial charge in [0.1, 0.15) is 5.82 Å². The van der Waals surface area contributed by atoms with Gasteiger partial charge in [0, 0.05) is 37.4 Å². The van der Waals surface area contributed by atoms with Gasteiger partial charge < -0.3 is 15.1 Å². The summed E-state index contributed by atoms with van der Waals surface area (Å²) in [4.78, 5) is 28.7. The molecule has 9 heteroatoms. The molecule has 1 aliphatic rings. The minimum absolute atomic E-state index is 0.0819. The van der Waals surface area contributed by atoms with Crippen molar-refractivity contribution in [1.82, 2.24) is 19.6 Å². The monoisotopic (exact) mass is 455 g/mol. The van der Waals surface area contributed by atoms with E-state index in [1.54, 1.807) is 26.6 Å². The predicted octanol–water partition coefficient (Wildman–Crippen LogP) is 4.27. The van der Waals surface area contributed by atoms with E-state index in [1.807, 2.05) is 26.0 Å². The smallest absolute Gasteiger partial charge is 0.321 e. The maximum absolute atomic E-state index is 13.0. The van der Waals surface area contributed by atoms with Crippen molar-refractivity contribution in [2.75, 3.05) is 31.5 Å². The number of urea groups is 1. The lowest BCUT2D eigenvalue weighted by Gasteiger charge is -2.34. The van der Waals surface area contributed by atoms with Crippen molar-refractivity contribution in [2.45, 2.75) is 13.8 Å². The van der Waals surface area contributed by atoms with Crippen molar-refractivity contribution < 1.29 is 14.0 Å². The van der Waals surface area contributed by atoms with Crippen LogP contribution in [0.15, 0.2) is 48.5 Å². The molecule has 2 aromatic carbocycles. The number of benzene rings is 2. The molecule has 1 N–H and O–H groups in total. The van der Waals surface area contributed by atoms with Gasteiger partial charge in [-0.1, -0.05) is 11.6 Å². The minimum atomic E-state index is -0.359. The average molecular weight is 456 g/mol. The highest BCUT2D eigenvalue weighted by Crippen LogP contribution is 2.23. The van der Waals surface area contributed by atoms with Gasteiger partial charge in [-0.3, -0.25) is 4.79 Å². The number of carbonyl (C=O) groups is 2. The molecule has 3 amide bonds. The largest absolute Gasteiger partial charge is 0.335 e. The van der Waals surface area contributed by atoms with E-state index in [0.717, 1.165) is 17.1 Å². The van der Waals surface area contributed by atoms with Gasteiger partial charge in [0.05, 0.1) is 22.1 Å². The van der Waals surface area contributed by atoms with Crippen LogP contribution in [0.25, 0.3) is 5.69 Å². The second-order valence-electron chi connectivity index (χ2n) is 7.66. The molecule has 1 aromatic heterocycles. The number of hydrogen-bond acceptors (Lipinski definition) is 3. The van der Waals surface area contributed by atoms with Gasteiger partial charge in [-0.25, -0.2) is 13.9 Å². The first-order valence-corrected chi connectivity index (χ1v) is 10.6. The first kappa shape index (κ1) is 21.8. The van der Waals surface area contributed by atoms with Gasteiger partial charge in [0.25, 0.3) is 5.91 Å². The SMILES string of the molecule is Cc1nn(-c2ccc(C(=O)N3CCN(C(=O)Nc4ccc(F)cc4)CC3)cc2)c(C)c1Cl. The Bertz CT molecular complexity index is 1140. The van der Waals surface area contributed by atoms with Crippen LogP contribution in [-0.2, 0) is 0 Å². The molecule has 0 atom stereocenters. The van der Waals surface area contributed by atoms with Crippen LogP contribution in [0, 0.1) is 19.7 Å². The van der Waals surface area contributed by atoms with Gasteiger partial charge >= 0.3 is 6.03 Å². The number of halogens is 2. The first-order chi connectivity index (χ1) is 15.3. The lowest BCUT2D eigenvalue weighted by molar-refractivity contribution is 0.0671. The number of rotatable bonds is 3. The third-order valence-corrected chi connectivity index (χ3v) is 6.06. The zero-order valence-corrected chi connectivity index (χ0v) is 18.6. The lowest BCUT2D eigenvalue weighted by Crippen LogP contribution is -2.51. The normalized spacial score (nSPS) is 13.9. The van der Waals surface area contributed by atoms with Crippen LogP contribution in [-0.4, -0.2) is 57.7 Å². The molecule has 0 aliphatic carbocycles. The number of hydrogen-bond donors (Lipinski definition) is 1. The van der Waals surface area contributed by atoms with Crippen LogP contribution in [0.5, 0.6) is 0 Å². The van der Waals surface area contributed by atoms with Crippen molar-refractivity contribution in [3.8, 4) is 5.69 Å². The Balaban J connectivity index is 1.35.